The van der Waals surface area contributed by atoms with Crippen molar-refractivity contribution in [3.63, 3.8) is 0 Å². The Morgan fingerprint density at radius 2 is 0.712 bits per heavy atom. The zero-order chi connectivity index (χ0) is 53.1. The fourth-order valence-electron chi connectivity index (χ4n) is 7.37. The SMILES string of the molecule is CC/C=C\C/C=C\C/C=C\C/C=C\C/C=C\C/C=C\C/C=C\CCCCCCCCCCCC(=O)OC(COC(=O)CCCCCCCCCC/C=C\C/C=C\C/C=C\C/C=C\CC)COP(=O)(O)OCCN. The fraction of sp³-hybridized carbons (Fsp3) is 0.619. The van der Waals surface area contributed by atoms with Crippen LogP contribution in [0, 0.1) is 0 Å². The van der Waals surface area contributed by atoms with Gasteiger partial charge in [-0.3, -0.25) is 18.6 Å². The molecule has 0 bridgehead atoms. The number of hydrogen-bond acceptors (Lipinski definition) is 8. The molecule has 2 atom stereocenters. The summed E-state index contributed by atoms with van der Waals surface area (Å²) >= 11 is 0. The number of carbonyl (C=O) groups excluding carboxylic acids is 2. The van der Waals surface area contributed by atoms with E-state index in [-0.39, 0.29) is 32.6 Å². The van der Waals surface area contributed by atoms with Crippen LogP contribution >= 0.6 is 7.82 Å². The summed E-state index contributed by atoms with van der Waals surface area (Å²) in [5.74, 6) is -0.852. The van der Waals surface area contributed by atoms with E-state index in [0.717, 1.165) is 128 Å². The number of phosphoric acid groups is 1. The predicted octanol–water partition coefficient (Wildman–Crippen LogP) is 18.2. The summed E-state index contributed by atoms with van der Waals surface area (Å²) in [5.41, 5.74) is 5.38. The van der Waals surface area contributed by atoms with Crippen LogP contribution in [0.4, 0.5) is 0 Å². The molecule has 0 aromatic heterocycles. The van der Waals surface area contributed by atoms with E-state index in [2.05, 4.69) is 148 Å². The molecule has 0 saturated heterocycles. The van der Waals surface area contributed by atoms with E-state index in [9.17, 15) is 19.0 Å². The van der Waals surface area contributed by atoms with Gasteiger partial charge in [-0.2, -0.15) is 0 Å². The first-order valence-electron chi connectivity index (χ1n) is 28.7. The van der Waals surface area contributed by atoms with E-state index < -0.39 is 32.5 Å². The first kappa shape index (κ1) is 69.2. The van der Waals surface area contributed by atoms with Crippen molar-refractivity contribution in [1.29, 1.82) is 0 Å². The van der Waals surface area contributed by atoms with E-state index in [1.54, 1.807) is 0 Å². The lowest BCUT2D eigenvalue weighted by atomic mass is 10.1. The lowest BCUT2D eigenvalue weighted by Gasteiger charge is -2.19. The Balaban J connectivity index is 4.05. The largest absolute Gasteiger partial charge is 0.472 e. The second kappa shape index (κ2) is 57.4. The highest BCUT2D eigenvalue weighted by atomic mass is 31.2. The standard InChI is InChI=1S/C63H104NO8P/c1-3-5-7-9-11-13-15-17-19-21-23-25-26-27-28-29-30-31-32-33-34-36-38-40-42-44-46-48-50-52-54-56-63(66)72-61(60-71-73(67,68)70-58-57-64)59-69-62(65)55-53-51-49-47-45-43-41-39-37-35-24-22-20-18-16-14-12-10-8-6-4-2/h5-8,11-14,17-20,23-25,27-28,30-31,33-35,61H,3-4,9-10,15-16,21-22,26,29,32,36-60,64H2,1-2H3,(H,67,68)/b7-5-,8-6-,13-11-,14-12-,19-17-,20-18-,25-23-,28-27-,31-30-,34-33-,35-24-. The molecule has 0 spiro atoms. The maximum absolute atomic E-state index is 12.7. The minimum absolute atomic E-state index is 0.0440. The van der Waals surface area contributed by atoms with Crippen molar-refractivity contribution in [1.82, 2.24) is 0 Å². The van der Waals surface area contributed by atoms with Gasteiger partial charge in [0.2, 0.25) is 0 Å². The minimum Gasteiger partial charge on any atom is -0.462 e. The molecule has 0 aliphatic heterocycles. The highest BCUT2D eigenvalue weighted by Crippen LogP contribution is 2.43. The average molecular weight is 1030 g/mol. The summed E-state index contributed by atoms with van der Waals surface area (Å²) in [4.78, 5) is 35.2. The highest BCUT2D eigenvalue weighted by Gasteiger charge is 2.26. The number of nitrogens with two attached hydrogens (primary N) is 1. The van der Waals surface area contributed by atoms with Gasteiger partial charge in [-0.05, 0) is 109 Å². The molecule has 0 amide bonds. The fourth-order valence-corrected chi connectivity index (χ4v) is 8.14. The van der Waals surface area contributed by atoms with E-state index in [0.29, 0.717) is 6.42 Å². The summed E-state index contributed by atoms with van der Waals surface area (Å²) in [7, 11) is -4.40. The third kappa shape index (κ3) is 57.3. The minimum atomic E-state index is -4.40. The third-order valence-electron chi connectivity index (χ3n) is 11.5. The van der Waals surface area contributed by atoms with Gasteiger partial charge in [-0.15, -0.1) is 0 Å². The van der Waals surface area contributed by atoms with Gasteiger partial charge in [0.05, 0.1) is 13.2 Å². The van der Waals surface area contributed by atoms with E-state index in [1.807, 2.05) is 0 Å². The summed E-state index contributed by atoms with van der Waals surface area (Å²) in [6, 6.07) is 0. The van der Waals surface area contributed by atoms with Crippen LogP contribution in [0.2, 0.25) is 0 Å². The molecule has 0 aliphatic carbocycles. The van der Waals surface area contributed by atoms with Crippen LogP contribution in [-0.2, 0) is 32.7 Å². The van der Waals surface area contributed by atoms with Gasteiger partial charge < -0.3 is 20.1 Å². The van der Waals surface area contributed by atoms with Crippen molar-refractivity contribution >= 4 is 19.8 Å². The topological polar surface area (TPSA) is 134 Å². The number of esters is 2. The smallest absolute Gasteiger partial charge is 0.462 e. The molecule has 73 heavy (non-hydrogen) atoms. The normalized spacial score (nSPS) is 14.1. The Labute approximate surface area is 446 Å². The van der Waals surface area contributed by atoms with Crippen molar-refractivity contribution in [2.45, 2.75) is 225 Å². The van der Waals surface area contributed by atoms with E-state index >= 15 is 0 Å². The molecule has 0 rings (SSSR count). The van der Waals surface area contributed by atoms with Gasteiger partial charge in [0, 0.05) is 19.4 Å². The molecule has 0 radical (unpaired) electrons. The molecule has 0 fully saturated rings. The summed E-state index contributed by atoms with van der Waals surface area (Å²) < 4.78 is 33.0. The molecule has 0 aliphatic rings. The van der Waals surface area contributed by atoms with E-state index in [1.165, 1.54) is 57.8 Å². The highest BCUT2D eigenvalue weighted by molar-refractivity contribution is 7.47. The lowest BCUT2D eigenvalue weighted by Crippen LogP contribution is -2.29. The molecule has 3 N–H and O–H groups in total. The van der Waals surface area contributed by atoms with Crippen LogP contribution < -0.4 is 5.73 Å². The monoisotopic (exact) mass is 1030 g/mol. The summed E-state index contributed by atoms with van der Waals surface area (Å²) in [5, 5.41) is 0. The van der Waals surface area contributed by atoms with Crippen LogP contribution in [0.25, 0.3) is 0 Å². The van der Waals surface area contributed by atoms with Crippen molar-refractivity contribution in [3.05, 3.63) is 134 Å². The first-order valence-corrected chi connectivity index (χ1v) is 30.2. The van der Waals surface area contributed by atoms with Gasteiger partial charge in [-0.25, -0.2) is 4.57 Å². The molecule has 0 aromatic rings. The number of carbonyl (C=O) groups is 2. The maximum Gasteiger partial charge on any atom is 0.472 e. The van der Waals surface area contributed by atoms with Gasteiger partial charge in [-0.1, -0.05) is 231 Å². The second-order valence-electron chi connectivity index (χ2n) is 18.4. The molecule has 414 valence electrons. The van der Waals surface area contributed by atoms with Crippen LogP contribution in [0.3, 0.4) is 0 Å². The van der Waals surface area contributed by atoms with Crippen molar-refractivity contribution < 1.29 is 37.6 Å². The molecule has 9 nitrogen and oxygen atoms in total. The Morgan fingerprint density at radius 1 is 0.411 bits per heavy atom. The summed E-state index contributed by atoms with van der Waals surface area (Å²) in [6.45, 7) is 3.49. The molecular weight excluding hydrogens is 930 g/mol. The quantitative estimate of drug-likeness (QED) is 0.0264. The third-order valence-corrected chi connectivity index (χ3v) is 12.5. The van der Waals surface area contributed by atoms with Crippen molar-refractivity contribution in [3.8, 4) is 0 Å². The number of allylic oxidation sites excluding steroid dienone is 22. The number of ether oxygens (including phenoxy) is 2. The van der Waals surface area contributed by atoms with Crippen molar-refractivity contribution in [2.24, 2.45) is 5.73 Å². The van der Waals surface area contributed by atoms with E-state index in [4.69, 9.17) is 24.3 Å². The Bertz CT molecular complexity index is 1650. The van der Waals surface area contributed by atoms with Crippen LogP contribution in [0.1, 0.15) is 219 Å². The van der Waals surface area contributed by atoms with Crippen LogP contribution in [0.5, 0.6) is 0 Å². The molecule has 0 saturated carbocycles. The Kier molecular flexibility index (Phi) is 54.4. The first-order chi connectivity index (χ1) is 35.8. The number of rotatable bonds is 52. The van der Waals surface area contributed by atoms with Crippen LogP contribution in [-0.4, -0.2) is 49.3 Å². The average Bonchev–Trinajstić information content (AvgIpc) is 3.38. The number of unbranched alkanes of at least 4 members (excludes halogenated alkanes) is 17. The predicted molar refractivity (Wildman–Crippen MR) is 311 cm³/mol. The maximum atomic E-state index is 12.7. The van der Waals surface area contributed by atoms with Gasteiger partial charge >= 0.3 is 19.8 Å². The Morgan fingerprint density at radius 3 is 1.05 bits per heavy atom. The summed E-state index contributed by atoms with van der Waals surface area (Å²) in [6.07, 6.45) is 80.7. The molecule has 2 unspecified atom stereocenters. The van der Waals surface area contributed by atoms with Gasteiger partial charge in [0.25, 0.3) is 0 Å². The van der Waals surface area contributed by atoms with Crippen LogP contribution in [0.15, 0.2) is 134 Å². The van der Waals surface area contributed by atoms with Gasteiger partial charge in [0.1, 0.15) is 6.61 Å². The van der Waals surface area contributed by atoms with Gasteiger partial charge in [0.15, 0.2) is 6.10 Å². The lowest BCUT2D eigenvalue weighted by molar-refractivity contribution is -0.161. The van der Waals surface area contributed by atoms with Crippen molar-refractivity contribution in [2.75, 3.05) is 26.4 Å². The number of hydrogen-bond donors (Lipinski definition) is 2. The second-order valence-corrected chi connectivity index (χ2v) is 19.8. The molecule has 0 aromatic carbocycles. The zero-order valence-corrected chi connectivity index (χ0v) is 47.0. The number of phosphoric ester groups is 1. The molecular formula is C63H104NO8P. The molecule has 0 heterocycles. The zero-order valence-electron chi connectivity index (χ0n) is 46.1. The Hall–Kier alpha value is -3.85. The molecule has 10 heteroatoms.